The van der Waals surface area contributed by atoms with Crippen LogP contribution in [-0.4, -0.2) is 14.9 Å². The summed E-state index contributed by atoms with van der Waals surface area (Å²) >= 11 is 7.26. The molecule has 2 nitrogen and oxygen atoms in total. The first kappa shape index (κ1) is 19.2. The van der Waals surface area contributed by atoms with Crippen molar-refractivity contribution in [2.24, 2.45) is 0 Å². The third-order valence-corrected chi connectivity index (χ3v) is 7.33. The van der Waals surface area contributed by atoms with Crippen LogP contribution in [0.15, 0.2) is 104 Å². The Kier molecular flexibility index (Phi) is 5.79. The van der Waals surface area contributed by atoms with Crippen molar-refractivity contribution in [3.8, 4) is 0 Å². The number of hydrogen-bond acceptors (Lipinski definition) is 1. The zero-order valence-electron chi connectivity index (χ0n) is 15.2. The van der Waals surface area contributed by atoms with Gasteiger partial charge in [-0.3, -0.25) is 0 Å². The molecule has 0 spiro atoms. The van der Waals surface area contributed by atoms with Gasteiger partial charge in [0.25, 0.3) is 0 Å². The van der Waals surface area contributed by atoms with Gasteiger partial charge in [0.1, 0.15) is 5.54 Å². The maximum Gasteiger partial charge on any atom is 0.121 e. The first-order valence-electron chi connectivity index (χ1n) is 9.17. The van der Waals surface area contributed by atoms with Crippen molar-refractivity contribution in [2.75, 3.05) is 5.33 Å². The summed E-state index contributed by atoms with van der Waals surface area (Å²) in [6, 6.07) is 31.9. The smallest absolute Gasteiger partial charge is 0.121 e. The number of rotatable bonds is 6. The maximum atomic E-state index is 4.72. The second-order valence-electron chi connectivity index (χ2n) is 6.64. The minimum absolute atomic E-state index is 0.161. The van der Waals surface area contributed by atoms with Crippen LogP contribution in [0.3, 0.4) is 0 Å². The molecule has 0 fully saturated rings. The Labute approximate surface area is 182 Å². The van der Waals surface area contributed by atoms with Crippen LogP contribution < -0.4 is 0 Å². The molecular weight excluding hydrogens is 476 g/mol. The van der Waals surface area contributed by atoms with Crippen LogP contribution in [0, 0.1) is 0 Å². The molecule has 28 heavy (non-hydrogen) atoms. The highest BCUT2D eigenvalue weighted by Crippen LogP contribution is 2.41. The fourth-order valence-corrected chi connectivity index (χ4v) is 4.32. The maximum absolute atomic E-state index is 4.72. The molecule has 140 valence electrons. The quantitative estimate of drug-likeness (QED) is 0.219. The van der Waals surface area contributed by atoms with E-state index in [0.717, 1.165) is 11.0 Å². The van der Waals surface area contributed by atoms with Crippen molar-refractivity contribution >= 4 is 31.9 Å². The molecule has 1 unspecified atom stereocenters. The molecule has 4 rings (SSSR count). The Bertz CT molecular complexity index is 918. The van der Waals surface area contributed by atoms with Crippen LogP contribution in [0.2, 0.25) is 0 Å². The van der Waals surface area contributed by atoms with Crippen molar-refractivity contribution in [1.82, 2.24) is 9.55 Å². The lowest BCUT2D eigenvalue weighted by Crippen LogP contribution is -2.36. The number of alkyl halides is 2. The van der Waals surface area contributed by atoms with E-state index in [4.69, 9.17) is 4.98 Å². The summed E-state index contributed by atoms with van der Waals surface area (Å²) < 4.78 is 2.24. The summed E-state index contributed by atoms with van der Waals surface area (Å²) in [7, 11) is 0. The number of nitrogens with zero attached hydrogens (tertiary/aromatic N) is 2. The first-order valence-corrected chi connectivity index (χ1v) is 11.2. The van der Waals surface area contributed by atoms with Gasteiger partial charge < -0.3 is 4.57 Å². The molecule has 0 aliphatic carbocycles. The molecule has 0 bridgehead atoms. The number of aromatic nitrogens is 2. The minimum Gasteiger partial charge on any atom is -0.319 e. The Morgan fingerprint density at radius 1 is 0.750 bits per heavy atom. The molecular formula is C24H20Br2N2. The van der Waals surface area contributed by atoms with Crippen LogP contribution in [-0.2, 0) is 5.54 Å². The van der Waals surface area contributed by atoms with E-state index in [1.165, 1.54) is 16.7 Å². The normalized spacial score (nSPS) is 12.6. The topological polar surface area (TPSA) is 17.8 Å². The van der Waals surface area contributed by atoms with E-state index in [2.05, 4.69) is 134 Å². The Morgan fingerprint density at radius 3 is 1.57 bits per heavy atom. The van der Waals surface area contributed by atoms with Gasteiger partial charge in [-0.25, -0.2) is 4.98 Å². The molecule has 0 saturated carbocycles. The predicted molar refractivity (Wildman–Crippen MR) is 122 cm³/mol. The number of imidazole rings is 1. The second-order valence-corrected chi connectivity index (χ2v) is 8.39. The summed E-state index contributed by atoms with van der Waals surface area (Å²) in [5.74, 6) is 0. The summed E-state index contributed by atoms with van der Waals surface area (Å²) in [5.41, 5.74) is 4.08. The summed E-state index contributed by atoms with van der Waals surface area (Å²) in [4.78, 5) is 4.88. The molecule has 0 aliphatic heterocycles. The van der Waals surface area contributed by atoms with Crippen molar-refractivity contribution < 1.29 is 0 Å². The number of hydrogen-bond donors (Lipinski definition) is 0. The lowest BCUT2D eigenvalue weighted by atomic mass is 9.77. The number of halogens is 2. The molecule has 4 aromatic rings. The standard InChI is InChI=1S/C24H20Br2N2/c25-16-22(26)23-17-28(18-27-23)24(19-10-4-1-5-11-19,20-12-6-2-7-13-20)21-14-8-3-9-15-21/h1-15,17-18,22H,16H2. The monoisotopic (exact) mass is 494 g/mol. The zero-order chi connectivity index (χ0) is 19.4. The molecule has 1 atom stereocenters. The Hall–Kier alpha value is -2.17. The molecule has 3 aromatic carbocycles. The Balaban J connectivity index is 2.06. The van der Waals surface area contributed by atoms with Crippen molar-refractivity contribution in [3.05, 3.63) is 126 Å². The molecule has 1 aromatic heterocycles. The largest absolute Gasteiger partial charge is 0.319 e. The van der Waals surface area contributed by atoms with E-state index in [1.54, 1.807) is 0 Å². The lowest BCUT2D eigenvalue weighted by molar-refractivity contribution is 0.514. The average molecular weight is 496 g/mol. The third kappa shape index (κ3) is 3.36. The van der Waals surface area contributed by atoms with Crippen LogP contribution in [0.1, 0.15) is 27.2 Å². The molecule has 0 aliphatic rings. The summed E-state index contributed by atoms with van der Waals surface area (Å²) in [6.45, 7) is 0. The molecule has 0 N–H and O–H groups in total. The SMILES string of the molecule is BrCC(Br)c1cn(C(c2ccccc2)(c2ccccc2)c2ccccc2)cn1. The highest BCUT2D eigenvalue weighted by atomic mass is 79.9. The predicted octanol–water partition coefficient (Wildman–Crippen LogP) is 6.55. The van der Waals surface area contributed by atoms with Gasteiger partial charge in [0.15, 0.2) is 0 Å². The summed E-state index contributed by atoms with van der Waals surface area (Å²) in [6.07, 6.45) is 4.09. The van der Waals surface area contributed by atoms with Gasteiger partial charge >= 0.3 is 0 Å². The van der Waals surface area contributed by atoms with Gasteiger partial charge in [0.05, 0.1) is 16.8 Å². The van der Waals surface area contributed by atoms with Crippen LogP contribution in [0.5, 0.6) is 0 Å². The zero-order valence-corrected chi connectivity index (χ0v) is 18.4. The van der Waals surface area contributed by atoms with Gasteiger partial charge in [-0.15, -0.1) is 0 Å². The van der Waals surface area contributed by atoms with E-state index in [9.17, 15) is 0 Å². The molecule has 0 amide bonds. The first-order chi connectivity index (χ1) is 13.8. The van der Waals surface area contributed by atoms with Crippen molar-refractivity contribution in [1.29, 1.82) is 0 Å². The van der Waals surface area contributed by atoms with Gasteiger partial charge in [0, 0.05) is 11.5 Å². The van der Waals surface area contributed by atoms with Gasteiger partial charge in [-0.1, -0.05) is 123 Å². The molecule has 0 radical (unpaired) electrons. The highest BCUT2D eigenvalue weighted by Gasteiger charge is 2.38. The fourth-order valence-electron chi connectivity index (χ4n) is 3.75. The second kappa shape index (κ2) is 8.46. The summed E-state index contributed by atoms with van der Waals surface area (Å²) in [5, 5.41) is 0.805. The van der Waals surface area contributed by atoms with E-state index >= 15 is 0 Å². The van der Waals surface area contributed by atoms with Crippen molar-refractivity contribution in [3.63, 3.8) is 0 Å². The van der Waals surface area contributed by atoms with E-state index in [-0.39, 0.29) is 4.83 Å². The van der Waals surface area contributed by atoms with Gasteiger partial charge in [-0.05, 0) is 16.7 Å². The van der Waals surface area contributed by atoms with Gasteiger partial charge in [-0.2, -0.15) is 0 Å². The van der Waals surface area contributed by atoms with Crippen molar-refractivity contribution in [2.45, 2.75) is 10.4 Å². The fraction of sp³-hybridized carbons (Fsp3) is 0.125. The van der Waals surface area contributed by atoms with E-state index in [1.807, 2.05) is 6.33 Å². The van der Waals surface area contributed by atoms with Gasteiger partial charge in [0.2, 0.25) is 0 Å². The van der Waals surface area contributed by atoms with E-state index < -0.39 is 5.54 Å². The molecule has 0 saturated heterocycles. The van der Waals surface area contributed by atoms with E-state index in [0.29, 0.717) is 0 Å². The minimum atomic E-state index is -0.506. The van der Waals surface area contributed by atoms with Crippen LogP contribution >= 0.6 is 31.9 Å². The van der Waals surface area contributed by atoms with Crippen LogP contribution in [0.25, 0.3) is 0 Å². The third-order valence-electron chi connectivity index (χ3n) is 5.02. The molecule has 4 heteroatoms. The van der Waals surface area contributed by atoms with Crippen LogP contribution in [0.4, 0.5) is 0 Å². The number of benzene rings is 3. The highest BCUT2D eigenvalue weighted by molar-refractivity contribution is 9.12. The Morgan fingerprint density at radius 2 is 1.18 bits per heavy atom. The lowest BCUT2D eigenvalue weighted by Gasteiger charge is -2.37. The average Bonchev–Trinajstić information content (AvgIpc) is 3.26. The molecule has 1 heterocycles.